The molecule has 1 aliphatic rings. The number of aliphatic hydroxyl groups is 1. The summed E-state index contributed by atoms with van der Waals surface area (Å²) in [6, 6.07) is 14.6. The van der Waals surface area contributed by atoms with Crippen LogP contribution in [-0.2, 0) is 16.1 Å². The number of furan rings is 1. The van der Waals surface area contributed by atoms with Crippen molar-refractivity contribution in [1.29, 1.82) is 0 Å². The average molecular weight is 421 g/mol. The molecule has 1 amide bonds. The molecule has 7 heteroatoms. The van der Waals surface area contributed by atoms with Gasteiger partial charge < -0.3 is 19.2 Å². The van der Waals surface area contributed by atoms with Gasteiger partial charge in [0.25, 0.3) is 11.7 Å². The first-order valence-electron chi connectivity index (χ1n) is 9.79. The van der Waals surface area contributed by atoms with E-state index in [1.54, 1.807) is 36.4 Å². The molecule has 1 saturated heterocycles. The van der Waals surface area contributed by atoms with Crippen molar-refractivity contribution >= 4 is 17.4 Å². The first-order valence-corrected chi connectivity index (χ1v) is 9.79. The minimum atomic E-state index is -0.865. The van der Waals surface area contributed by atoms with Gasteiger partial charge in [-0.3, -0.25) is 9.59 Å². The van der Waals surface area contributed by atoms with Gasteiger partial charge in [-0.05, 0) is 61.0 Å². The van der Waals surface area contributed by atoms with Crippen LogP contribution in [0.4, 0.5) is 4.39 Å². The second kappa shape index (κ2) is 8.47. The molecule has 1 atom stereocenters. The average Bonchev–Trinajstić information content (AvgIpc) is 3.37. The summed E-state index contributed by atoms with van der Waals surface area (Å²) in [5.74, 6) is -1.35. The fraction of sp³-hybridized carbons (Fsp3) is 0.167. The maximum absolute atomic E-state index is 13.3. The molecule has 1 aliphatic heterocycles. The molecule has 4 rings (SSSR count). The number of rotatable bonds is 6. The number of Topliss-reactive ketones (excluding diaryl/α,β-unsaturated/α-hetero) is 1. The Morgan fingerprint density at radius 3 is 2.58 bits per heavy atom. The fourth-order valence-corrected chi connectivity index (χ4v) is 3.66. The third-order valence-corrected chi connectivity index (χ3v) is 5.05. The molecule has 0 aliphatic carbocycles. The SMILES string of the molecule is CCOc1cccc(C2/C(=C(/O)c3ccc(F)cc3)C(=O)C(=O)N2Cc2ccco2)c1. The number of likely N-dealkylation sites (tertiary alicyclic amines) is 1. The highest BCUT2D eigenvalue weighted by molar-refractivity contribution is 6.46. The van der Waals surface area contributed by atoms with Crippen LogP contribution < -0.4 is 4.74 Å². The van der Waals surface area contributed by atoms with Crippen molar-refractivity contribution in [2.24, 2.45) is 0 Å². The molecule has 158 valence electrons. The number of ether oxygens (including phenoxy) is 1. The molecule has 1 unspecified atom stereocenters. The predicted octanol–water partition coefficient (Wildman–Crippen LogP) is 4.44. The van der Waals surface area contributed by atoms with Crippen molar-refractivity contribution in [1.82, 2.24) is 4.90 Å². The zero-order chi connectivity index (χ0) is 22.0. The summed E-state index contributed by atoms with van der Waals surface area (Å²) in [6.45, 7) is 2.34. The van der Waals surface area contributed by atoms with Crippen molar-refractivity contribution in [3.63, 3.8) is 0 Å². The van der Waals surface area contributed by atoms with Gasteiger partial charge in [-0.1, -0.05) is 12.1 Å². The summed E-state index contributed by atoms with van der Waals surface area (Å²) in [5.41, 5.74) is 0.764. The maximum atomic E-state index is 13.3. The Hall–Kier alpha value is -3.87. The molecule has 1 N–H and O–H groups in total. The summed E-state index contributed by atoms with van der Waals surface area (Å²) in [6.07, 6.45) is 1.48. The van der Waals surface area contributed by atoms with Gasteiger partial charge in [0.05, 0.1) is 31.0 Å². The Bertz CT molecular complexity index is 1140. The molecule has 2 heterocycles. The number of amides is 1. The van der Waals surface area contributed by atoms with Gasteiger partial charge in [0.2, 0.25) is 0 Å². The van der Waals surface area contributed by atoms with Crippen molar-refractivity contribution in [3.8, 4) is 5.75 Å². The highest BCUT2D eigenvalue weighted by atomic mass is 19.1. The largest absolute Gasteiger partial charge is 0.507 e. The zero-order valence-electron chi connectivity index (χ0n) is 16.7. The van der Waals surface area contributed by atoms with Gasteiger partial charge in [0.1, 0.15) is 23.1 Å². The van der Waals surface area contributed by atoms with E-state index in [4.69, 9.17) is 9.15 Å². The van der Waals surface area contributed by atoms with Crippen LogP contribution in [0.1, 0.15) is 29.9 Å². The van der Waals surface area contributed by atoms with Crippen LogP contribution in [0.25, 0.3) is 5.76 Å². The molecule has 0 bridgehead atoms. The van der Waals surface area contributed by atoms with Crippen LogP contribution in [0.15, 0.2) is 76.9 Å². The summed E-state index contributed by atoms with van der Waals surface area (Å²) in [4.78, 5) is 27.2. The molecule has 6 nitrogen and oxygen atoms in total. The lowest BCUT2D eigenvalue weighted by atomic mass is 9.95. The van der Waals surface area contributed by atoms with E-state index in [1.807, 2.05) is 6.92 Å². The predicted molar refractivity (Wildman–Crippen MR) is 111 cm³/mol. The van der Waals surface area contributed by atoms with Gasteiger partial charge in [-0.25, -0.2) is 4.39 Å². The maximum Gasteiger partial charge on any atom is 0.296 e. The molecule has 3 aromatic rings. The highest BCUT2D eigenvalue weighted by Crippen LogP contribution is 2.41. The number of benzene rings is 2. The van der Waals surface area contributed by atoms with E-state index in [2.05, 4.69) is 0 Å². The third-order valence-electron chi connectivity index (χ3n) is 5.05. The quantitative estimate of drug-likeness (QED) is 0.362. The molecule has 31 heavy (non-hydrogen) atoms. The van der Waals surface area contributed by atoms with Crippen LogP contribution in [0.3, 0.4) is 0 Å². The number of ketones is 1. The minimum Gasteiger partial charge on any atom is -0.507 e. The van der Waals surface area contributed by atoms with E-state index < -0.39 is 23.5 Å². The standard InChI is InChI=1S/C24H20FNO5/c1-2-30-18-6-3-5-16(13-18)21-20(22(27)15-8-10-17(25)11-9-15)23(28)24(29)26(21)14-19-7-4-12-31-19/h3-13,21,27H,2,14H2,1H3/b22-20-. The van der Waals surface area contributed by atoms with E-state index in [0.717, 1.165) is 0 Å². The minimum absolute atomic E-state index is 0.0430. The lowest BCUT2D eigenvalue weighted by Gasteiger charge is -2.25. The van der Waals surface area contributed by atoms with Crippen LogP contribution in [0, 0.1) is 5.82 Å². The number of aliphatic hydroxyl groups excluding tert-OH is 1. The topological polar surface area (TPSA) is 80.0 Å². The van der Waals surface area contributed by atoms with Gasteiger partial charge in [-0.2, -0.15) is 0 Å². The highest BCUT2D eigenvalue weighted by Gasteiger charge is 2.46. The summed E-state index contributed by atoms with van der Waals surface area (Å²) < 4.78 is 24.3. The first-order chi connectivity index (χ1) is 15.0. The zero-order valence-corrected chi connectivity index (χ0v) is 16.7. The Labute approximate surface area is 178 Å². The molecule has 2 aromatic carbocycles. The van der Waals surface area contributed by atoms with Crippen molar-refractivity contribution in [3.05, 3.63) is 95.2 Å². The van der Waals surface area contributed by atoms with Crippen LogP contribution >= 0.6 is 0 Å². The summed E-state index contributed by atoms with van der Waals surface area (Å²) >= 11 is 0. The van der Waals surface area contributed by atoms with Gasteiger partial charge >= 0.3 is 0 Å². The molecular weight excluding hydrogens is 401 g/mol. The Morgan fingerprint density at radius 2 is 1.90 bits per heavy atom. The molecule has 1 aromatic heterocycles. The lowest BCUT2D eigenvalue weighted by Crippen LogP contribution is -2.29. The fourth-order valence-electron chi connectivity index (χ4n) is 3.66. The molecular formula is C24H20FNO5. The third kappa shape index (κ3) is 3.94. The lowest BCUT2D eigenvalue weighted by molar-refractivity contribution is -0.140. The Morgan fingerprint density at radius 1 is 1.13 bits per heavy atom. The van der Waals surface area contributed by atoms with Gasteiger partial charge in [0.15, 0.2) is 0 Å². The second-order valence-electron chi connectivity index (χ2n) is 7.02. The van der Waals surface area contributed by atoms with E-state index in [-0.39, 0.29) is 23.4 Å². The summed E-state index contributed by atoms with van der Waals surface area (Å²) in [7, 11) is 0. The molecule has 0 radical (unpaired) electrons. The number of halogens is 1. The number of carbonyl (C=O) groups is 2. The Kier molecular flexibility index (Phi) is 5.58. The normalized spacial score (nSPS) is 17.9. The Balaban J connectivity index is 1.86. The van der Waals surface area contributed by atoms with E-state index in [1.165, 1.54) is 35.4 Å². The van der Waals surface area contributed by atoms with E-state index in [9.17, 15) is 19.1 Å². The van der Waals surface area contributed by atoms with Gasteiger partial charge in [-0.15, -0.1) is 0 Å². The number of hydrogen-bond donors (Lipinski definition) is 1. The molecule has 1 fully saturated rings. The van der Waals surface area contributed by atoms with E-state index >= 15 is 0 Å². The monoisotopic (exact) mass is 421 g/mol. The van der Waals surface area contributed by atoms with Gasteiger partial charge in [0, 0.05) is 5.56 Å². The first kappa shape index (κ1) is 20.4. The van der Waals surface area contributed by atoms with Crippen molar-refractivity contribution in [2.75, 3.05) is 6.61 Å². The number of carbonyl (C=O) groups excluding carboxylic acids is 2. The summed E-state index contributed by atoms with van der Waals surface area (Å²) in [5, 5.41) is 11.0. The van der Waals surface area contributed by atoms with E-state index in [0.29, 0.717) is 23.7 Å². The number of nitrogens with zero attached hydrogens (tertiary/aromatic N) is 1. The van der Waals surface area contributed by atoms with Crippen LogP contribution in [0.2, 0.25) is 0 Å². The van der Waals surface area contributed by atoms with Crippen LogP contribution in [0.5, 0.6) is 5.75 Å². The van der Waals surface area contributed by atoms with Crippen molar-refractivity contribution in [2.45, 2.75) is 19.5 Å². The molecule has 0 saturated carbocycles. The number of hydrogen-bond acceptors (Lipinski definition) is 5. The van der Waals surface area contributed by atoms with Crippen LogP contribution in [-0.4, -0.2) is 28.3 Å². The second-order valence-corrected chi connectivity index (χ2v) is 7.02. The molecule has 0 spiro atoms. The smallest absolute Gasteiger partial charge is 0.296 e. The van der Waals surface area contributed by atoms with Crippen molar-refractivity contribution < 1.29 is 28.2 Å².